The molecule has 0 bridgehead atoms. The number of aromatic carboxylic acids is 1. The van der Waals surface area contributed by atoms with E-state index >= 15 is 0 Å². The predicted molar refractivity (Wildman–Crippen MR) is 105 cm³/mol. The molecule has 0 fully saturated rings. The molecular formula is C22H27FO5. The molecule has 1 N–H and O–H groups in total. The Morgan fingerprint density at radius 3 is 2.21 bits per heavy atom. The Balaban J connectivity index is 2.40. The Bertz CT molecular complexity index is 761. The van der Waals surface area contributed by atoms with Gasteiger partial charge >= 0.3 is 5.97 Å². The molecule has 0 heterocycles. The summed E-state index contributed by atoms with van der Waals surface area (Å²) in [4.78, 5) is 11.5. The average molecular weight is 390 g/mol. The van der Waals surface area contributed by atoms with Crippen LogP contribution in [0.15, 0.2) is 36.4 Å². The second-order valence-corrected chi connectivity index (χ2v) is 6.38. The molecule has 0 unspecified atom stereocenters. The van der Waals surface area contributed by atoms with E-state index in [1.165, 1.54) is 6.07 Å². The SMILES string of the molecule is CCCCOc1cc(C(=O)O)c(F)c(OCc2ccccc2)c1OCCCC. The third-order valence-electron chi connectivity index (χ3n) is 4.10. The molecular weight excluding hydrogens is 363 g/mol. The van der Waals surface area contributed by atoms with Crippen LogP contribution in [0.3, 0.4) is 0 Å². The van der Waals surface area contributed by atoms with Crippen molar-refractivity contribution in [2.24, 2.45) is 0 Å². The number of hydrogen-bond acceptors (Lipinski definition) is 4. The van der Waals surface area contributed by atoms with Crippen molar-refractivity contribution in [2.45, 2.75) is 46.1 Å². The first kappa shape index (κ1) is 21.5. The zero-order chi connectivity index (χ0) is 20.4. The number of rotatable bonds is 12. The summed E-state index contributed by atoms with van der Waals surface area (Å²) in [6.45, 7) is 4.85. The molecule has 2 rings (SSSR count). The van der Waals surface area contributed by atoms with Gasteiger partial charge in [0, 0.05) is 6.07 Å². The molecule has 2 aromatic carbocycles. The molecule has 152 valence electrons. The normalized spacial score (nSPS) is 10.5. The van der Waals surface area contributed by atoms with Crippen LogP contribution in [0, 0.1) is 5.82 Å². The maximum absolute atomic E-state index is 14.9. The van der Waals surface area contributed by atoms with E-state index in [0.717, 1.165) is 31.2 Å². The molecule has 5 nitrogen and oxygen atoms in total. The quantitative estimate of drug-likeness (QED) is 0.488. The number of halogens is 1. The van der Waals surface area contributed by atoms with Gasteiger partial charge in [-0.2, -0.15) is 0 Å². The van der Waals surface area contributed by atoms with E-state index in [1.54, 1.807) is 0 Å². The van der Waals surface area contributed by atoms with Crippen molar-refractivity contribution < 1.29 is 28.5 Å². The van der Waals surface area contributed by atoms with Gasteiger partial charge in [0.1, 0.15) is 12.2 Å². The lowest BCUT2D eigenvalue weighted by Gasteiger charge is -2.19. The van der Waals surface area contributed by atoms with Gasteiger partial charge < -0.3 is 19.3 Å². The second-order valence-electron chi connectivity index (χ2n) is 6.38. The maximum atomic E-state index is 14.9. The van der Waals surface area contributed by atoms with Crippen LogP contribution in [-0.2, 0) is 6.61 Å². The fraction of sp³-hybridized carbons (Fsp3) is 0.409. The average Bonchev–Trinajstić information content (AvgIpc) is 2.69. The van der Waals surface area contributed by atoms with Crippen LogP contribution >= 0.6 is 0 Å². The van der Waals surface area contributed by atoms with Gasteiger partial charge in [0.05, 0.1) is 13.2 Å². The molecule has 0 aliphatic heterocycles. The lowest BCUT2D eigenvalue weighted by molar-refractivity contribution is 0.0689. The standard InChI is InChI=1S/C22H27FO5/c1-3-5-12-26-18-14-17(22(24)25)19(23)21(20(18)27-13-6-4-2)28-15-16-10-8-7-9-11-16/h7-11,14H,3-6,12-13,15H2,1-2H3,(H,24,25). The summed E-state index contributed by atoms with van der Waals surface area (Å²) in [7, 11) is 0. The zero-order valence-corrected chi connectivity index (χ0v) is 16.4. The van der Waals surface area contributed by atoms with Gasteiger partial charge in [-0.1, -0.05) is 57.0 Å². The van der Waals surface area contributed by atoms with Gasteiger partial charge in [-0.25, -0.2) is 9.18 Å². The highest BCUT2D eigenvalue weighted by molar-refractivity contribution is 5.90. The van der Waals surface area contributed by atoms with E-state index in [9.17, 15) is 14.3 Å². The van der Waals surface area contributed by atoms with Crippen molar-refractivity contribution in [1.82, 2.24) is 0 Å². The molecule has 2 aromatic rings. The van der Waals surface area contributed by atoms with E-state index in [2.05, 4.69) is 0 Å². The van der Waals surface area contributed by atoms with Crippen LogP contribution in [-0.4, -0.2) is 24.3 Å². The first-order valence-electron chi connectivity index (χ1n) is 9.60. The number of benzene rings is 2. The molecule has 0 saturated heterocycles. The summed E-state index contributed by atoms with van der Waals surface area (Å²) in [6.07, 6.45) is 3.38. The minimum absolute atomic E-state index is 0.0827. The van der Waals surface area contributed by atoms with Gasteiger partial charge in [-0.3, -0.25) is 0 Å². The molecule has 0 aromatic heterocycles. The number of unbranched alkanes of at least 4 members (excludes halogenated alkanes) is 2. The molecule has 28 heavy (non-hydrogen) atoms. The summed E-state index contributed by atoms with van der Waals surface area (Å²) >= 11 is 0. The van der Waals surface area contributed by atoms with Crippen LogP contribution in [0.4, 0.5) is 4.39 Å². The Labute approximate surface area is 165 Å². The monoisotopic (exact) mass is 390 g/mol. The predicted octanol–water partition coefficient (Wildman–Crippen LogP) is 5.46. The van der Waals surface area contributed by atoms with Gasteiger partial charge in [0.25, 0.3) is 0 Å². The Morgan fingerprint density at radius 2 is 1.61 bits per heavy atom. The molecule has 0 spiro atoms. The van der Waals surface area contributed by atoms with Crippen LogP contribution < -0.4 is 14.2 Å². The summed E-state index contributed by atoms with van der Waals surface area (Å²) in [5.41, 5.74) is 0.327. The van der Waals surface area contributed by atoms with Crippen LogP contribution in [0.25, 0.3) is 0 Å². The van der Waals surface area contributed by atoms with Crippen molar-refractivity contribution in [1.29, 1.82) is 0 Å². The molecule has 0 aliphatic carbocycles. The number of carboxylic acids is 1. The highest BCUT2D eigenvalue weighted by Crippen LogP contribution is 2.42. The topological polar surface area (TPSA) is 65.0 Å². The zero-order valence-electron chi connectivity index (χ0n) is 16.4. The van der Waals surface area contributed by atoms with Gasteiger partial charge in [0.15, 0.2) is 11.6 Å². The summed E-state index contributed by atoms with van der Waals surface area (Å²) in [5.74, 6) is -2.28. The van der Waals surface area contributed by atoms with Crippen LogP contribution in [0.5, 0.6) is 17.2 Å². The number of ether oxygens (including phenoxy) is 3. The van der Waals surface area contributed by atoms with Crippen LogP contribution in [0.1, 0.15) is 55.5 Å². The van der Waals surface area contributed by atoms with Gasteiger partial charge in [-0.15, -0.1) is 0 Å². The van der Waals surface area contributed by atoms with E-state index in [4.69, 9.17) is 14.2 Å². The second kappa shape index (κ2) is 11.2. The molecule has 0 aliphatic rings. The highest BCUT2D eigenvalue weighted by atomic mass is 19.1. The molecule has 0 radical (unpaired) electrons. The van der Waals surface area contributed by atoms with E-state index in [1.807, 2.05) is 44.2 Å². The van der Waals surface area contributed by atoms with Crippen molar-refractivity contribution in [3.63, 3.8) is 0 Å². The highest BCUT2D eigenvalue weighted by Gasteiger charge is 2.26. The number of carbonyl (C=O) groups is 1. The minimum atomic E-state index is -1.39. The fourth-order valence-electron chi connectivity index (χ4n) is 2.50. The Hall–Kier alpha value is -2.76. The smallest absolute Gasteiger partial charge is 0.338 e. The number of hydrogen-bond donors (Lipinski definition) is 1. The Morgan fingerprint density at radius 1 is 0.964 bits per heavy atom. The lowest BCUT2D eigenvalue weighted by atomic mass is 10.1. The third-order valence-corrected chi connectivity index (χ3v) is 4.10. The minimum Gasteiger partial charge on any atom is -0.490 e. The first-order chi connectivity index (χ1) is 13.6. The summed E-state index contributed by atoms with van der Waals surface area (Å²) in [6, 6.07) is 10.4. The number of carboxylic acid groups (broad SMARTS) is 1. The van der Waals surface area contributed by atoms with Crippen molar-refractivity contribution in [3.05, 3.63) is 53.3 Å². The van der Waals surface area contributed by atoms with Crippen molar-refractivity contribution in [2.75, 3.05) is 13.2 Å². The molecule has 0 amide bonds. The van der Waals surface area contributed by atoms with Gasteiger partial charge in [-0.05, 0) is 18.4 Å². The van der Waals surface area contributed by atoms with Crippen molar-refractivity contribution >= 4 is 5.97 Å². The first-order valence-corrected chi connectivity index (χ1v) is 9.60. The summed E-state index contributed by atoms with van der Waals surface area (Å²) in [5, 5.41) is 9.38. The fourth-order valence-corrected chi connectivity index (χ4v) is 2.50. The van der Waals surface area contributed by atoms with E-state index in [0.29, 0.717) is 13.2 Å². The van der Waals surface area contributed by atoms with Crippen LogP contribution in [0.2, 0.25) is 0 Å². The summed E-state index contributed by atoms with van der Waals surface area (Å²) < 4.78 is 32.1. The molecule has 6 heteroatoms. The third kappa shape index (κ3) is 5.87. The maximum Gasteiger partial charge on any atom is 0.338 e. The van der Waals surface area contributed by atoms with Gasteiger partial charge in [0.2, 0.25) is 11.5 Å². The lowest BCUT2D eigenvalue weighted by Crippen LogP contribution is -2.10. The largest absolute Gasteiger partial charge is 0.490 e. The van der Waals surface area contributed by atoms with E-state index < -0.39 is 17.3 Å². The van der Waals surface area contributed by atoms with E-state index in [-0.39, 0.29) is 23.9 Å². The Kier molecular flexibility index (Phi) is 8.59. The molecule has 0 atom stereocenters. The molecule has 0 saturated carbocycles. The van der Waals surface area contributed by atoms with Crippen molar-refractivity contribution in [3.8, 4) is 17.2 Å².